The van der Waals surface area contributed by atoms with Gasteiger partial charge >= 0.3 is 0 Å². The minimum absolute atomic E-state index is 0. The Balaban J connectivity index is 2.86. The highest BCUT2D eigenvalue weighted by Crippen LogP contribution is 1.77. The zero-order valence-electron chi connectivity index (χ0n) is 5.13. The SMILES string of the molecule is CCOC[C@@H](N)CO. The van der Waals surface area contributed by atoms with E-state index in [1.54, 1.807) is 0 Å². The van der Waals surface area contributed by atoms with E-state index in [2.05, 4.69) is 0 Å². The summed E-state index contributed by atoms with van der Waals surface area (Å²) in [7, 11) is 0. The molecule has 0 heterocycles. The smallest absolute Gasteiger partial charge is 0.0639 e. The fourth-order valence-electron chi connectivity index (χ4n) is 0.322. The van der Waals surface area contributed by atoms with E-state index in [1.807, 2.05) is 6.92 Å². The van der Waals surface area contributed by atoms with Crippen molar-refractivity contribution in [3.63, 3.8) is 0 Å². The Bertz CT molecular complexity index is 49.7. The lowest BCUT2D eigenvalue weighted by atomic mass is 10.4. The molecule has 50 valence electrons. The monoisotopic (exact) mass is 119 g/mol. The fourth-order valence-corrected chi connectivity index (χ4v) is 0.322. The van der Waals surface area contributed by atoms with Gasteiger partial charge in [-0.05, 0) is 6.92 Å². The van der Waals surface area contributed by atoms with Crippen molar-refractivity contribution >= 4 is 0 Å². The summed E-state index contributed by atoms with van der Waals surface area (Å²) >= 11 is 0. The summed E-state index contributed by atoms with van der Waals surface area (Å²) in [4.78, 5) is 0. The summed E-state index contributed by atoms with van der Waals surface area (Å²) in [6, 6.07) is -0.213. The van der Waals surface area contributed by atoms with Gasteiger partial charge in [0.1, 0.15) is 0 Å². The number of nitrogens with two attached hydrogens (primary N) is 1. The van der Waals surface area contributed by atoms with Crippen LogP contribution in [0.4, 0.5) is 0 Å². The third-order valence-corrected chi connectivity index (χ3v) is 0.771. The van der Waals surface area contributed by atoms with Gasteiger partial charge in [0.05, 0.1) is 19.3 Å². The highest BCUT2D eigenvalue weighted by atomic mass is 16.5. The summed E-state index contributed by atoms with van der Waals surface area (Å²) in [6.07, 6.45) is 0. The van der Waals surface area contributed by atoms with E-state index in [0.717, 1.165) is 0 Å². The van der Waals surface area contributed by atoms with Gasteiger partial charge in [0.15, 0.2) is 0 Å². The van der Waals surface area contributed by atoms with Crippen LogP contribution in [0.25, 0.3) is 0 Å². The predicted octanol–water partition coefficient (Wildman–Crippen LogP) is -0.658. The third-order valence-electron chi connectivity index (χ3n) is 0.771. The van der Waals surface area contributed by atoms with Gasteiger partial charge in [0, 0.05) is 6.61 Å². The molecule has 0 rings (SSSR count). The summed E-state index contributed by atoms with van der Waals surface area (Å²) in [5.41, 5.74) is 5.28. The average molecular weight is 119 g/mol. The van der Waals surface area contributed by atoms with Crippen LogP contribution in [-0.4, -0.2) is 31.0 Å². The molecule has 8 heavy (non-hydrogen) atoms. The van der Waals surface area contributed by atoms with Gasteiger partial charge in [-0.2, -0.15) is 0 Å². The van der Waals surface area contributed by atoms with Crippen LogP contribution >= 0.6 is 0 Å². The van der Waals surface area contributed by atoms with Crippen LogP contribution in [0.2, 0.25) is 0 Å². The van der Waals surface area contributed by atoms with E-state index in [4.69, 9.17) is 15.6 Å². The van der Waals surface area contributed by atoms with Crippen LogP contribution in [0.3, 0.4) is 0 Å². The number of rotatable bonds is 4. The Hall–Kier alpha value is -0.120. The van der Waals surface area contributed by atoms with E-state index < -0.39 is 0 Å². The molecule has 0 radical (unpaired) electrons. The van der Waals surface area contributed by atoms with Gasteiger partial charge in [0.25, 0.3) is 0 Å². The lowest BCUT2D eigenvalue weighted by Gasteiger charge is -2.05. The predicted molar refractivity (Wildman–Crippen MR) is 31.6 cm³/mol. The van der Waals surface area contributed by atoms with Gasteiger partial charge < -0.3 is 15.6 Å². The molecule has 1 atom stereocenters. The topological polar surface area (TPSA) is 55.5 Å². The fraction of sp³-hybridized carbons (Fsp3) is 1.00. The first-order chi connectivity index (χ1) is 3.81. The lowest BCUT2D eigenvalue weighted by molar-refractivity contribution is 0.111. The molecule has 0 unspecified atom stereocenters. The van der Waals surface area contributed by atoms with Crippen molar-refractivity contribution in [1.82, 2.24) is 0 Å². The number of aliphatic hydroxyl groups excluding tert-OH is 1. The maximum atomic E-state index is 8.36. The normalized spacial score (nSPS) is 13.9. The molecule has 3 N–H and O–H groups in total. The van der Waals surface area contributed by atoms with E-state index in [-0.39, 0.29) is 12.6 Å². The van der Waals surface area contributed by atoms with Crippen LogP contribution in [0, 0.1) is 0 Å². The number of aliphatic hydroxyl groups is 1. The number of ether oxygens (including phenoxy) is 1. The Kier molecular flexibility index (Phi) is 4.95. The van der Waals surface area contributed by atoms with Crippen molar-refractivity contribution < 1.29 is 9.84 Å². The van der Waals surface area contributed by atoms with Crippen LogP contribution in [-0.2, 0) is 4.74 Å². The highest BCUT2D eigenvalue weighted by Gasteiger charge is 1.96. The molecule has 0 saturated heterocycles. The molecule has 0 aliphatic heterocycles. The molecule has 0 aromatic heterocycles. The Labute approximate surface area is 49.4 Å². The number of hydrogen-bond donors (Lipinski definition) is 2. The third kappa shape index (κ3) is 4.05. The van der Waals surface area contributed by atoms with E-state index in [9.17, 15) is 0 Å². The van der Waals surface area contributed by atoms with Gasteiger partial charge in [-0.3, -0.25) is 0 Å². The van der Waals surface area contributed by atoms with Gasteiger partial charge in [-0.15, -0.1) is 0 Å². The molecule has 0 fully saturated rings. The molecule has 3 nitrogen and oxygen atoms in total. The lowest BCUT2D eigenvalue weighted by Crippen LogP contribution is -2.29. The molecule has 0 bridgehead atoms. The van der Waals surface area contributed by atoms with Crippen molar-refractivity contribution in [2.24, 2.45) is 5.73 Å². The van der Waals surface area contributed by atoms with Crippen LogP contribution in [0.15, 0.2) is 0 Å². The van der Waals surface area contributed by atoms with E-state index >= 15 is 0 Å². The van der Waals surface area contributed by atoms with E-state index in [0.29, 0.717) is 13.2 Å². The van der Waals surface area contributed by atoms with Crippen molar-refractivity contribution in [1.29, 1.82) is 0 Å². The number of hydrogen-bond acceptors (Lipinski definition) is 3. The van der Waals surface area contributed by atoms with Gasteiger partial charge in [0.2, 0.25) is 0 Å². The Morgan fingerprint density at radius 2 is 2.38 bits per heavy atom. The second-order valence-electron chi connectivity index (χ2n) is 1.60. The van der Waals surface area contributed by atoms with Crippen molar-refractivity contribution in [3.8, 4) is 0 Å². The zero-order valence-corrected chi connectivity index (χ0v) is 5.13. The molecule has 0 spiro atoms. The highest BCUT2D eigenvalue weighted by molar-refractivity contribution is 4.54. The molecule has 0 amide bonds. The maximum Gasteiger partial charge on any atom is 0.0639 e. The van der Waals surface area contributed by atoms with Gasteiger partial charge in [-0.25, -0.2) is 0 Å². The van der Waals surface area contributed by atoms with Crippen molar-refractivity contribution in [2.45, 2.75) is 13.0 Å². The summed E-state index contributed by atoms with van der Waals surface area (Å²) in [6.45, 7) is 3.00. The molecule has 0 aliphatic carbocycles. The zero-order chi connectivity index (χ0) is 6.41. The summed E-state index contributed by atoms with van der Waals surface area (Å²) in [5.74, 6) is 0. The van der Waals surface area contributed by atoms with Crippen molar-refractivity contribution in [3.05, 3.63) is 0 Å². The van der Waals surface area contributed by atoms with E-state index in [1.165, 1.54) is 0 Å². The Morgan fingerprint density at radius 1 is 1.75 bits per heavy atom. The molecular formula is C5H13NO2. The van der Waals surface area contributed by atoms with Gasteiger partial charge in [-0.1, -0.05) is 0 Å². The largest absolute Gasteiger partial charge is 0.395 e. The second-order valence-corrected chi connectivity index (χ2v) is 1.60. The first-order valence-electron chi connectivity index (χ1n) is 2.75. The Morgan fingerprint density at radius 3 is 2.75 bits per heavy atom. The molecule has 0 saturated carbocycles. The maximum absolute atomic E-state index is 8.36. The molecule has 0 aromatic carbocycles. The first kappa shape index (κ1) is 7.88. The molecular weight excluding hydrogens is 106 g/mol. The van der Waals surface area contributed by atoms with Crippen LogP contribution < -0.4 is 5.73 Å². The molecule has 0 aromatic rings. The minimum atomic E-state index is -0.213. The standard InChI is InChI=1S/C5H13NO2/c1-2-8-4-5(6)3-7/h5,7H,2-4,6H2,1H3/t5-/m0/s1. The molecule has 3 heteroatoms. The van der Waals surface area contributed by atoms with Crippen molar-refractivity contribution in [2.75, 3.05) is 19.8 Å². The average Bonchev–Trinajstić information content (AvgIpc) is 1.83. The minimum Gasteiger partial charge on any atom is -0.395 e. The molecule has 0 aliphatic rings. The second kappa shape index (κ2) is 5.03. The van der Waals surface area contributed by atoms with Crippen LogP contribution in [0.1, 0.15) is 6.92 Å². The first-order valence-corrected chi connectivity index (χ1v) is 2.75. The quantitative estimate of drug-likeness (QED) is 0.516. The summed E-state index contributed by atoms with van der Waals surface area (Å²) < 4.78 is 4.90. The summed E-state index contributed by atoms with van der Waals surface area (Å²) in [5, 5.41) is 8.36. The van der Waals surface area contributed by atoms with Crippen LogP contribution in [0.5, 0.6) is 0 Å².